The average Bonchev–Trinajstić information content (AvgIpc) is 2.51. The van der Waals surface area contributed by atoms with Crippen molar-refractivity contribution in [2.45, 2.75) is 6.92 Å². The fraction of sp³-hybridized carbons (Fsp3) is 0.133. The Labute approximate surface area is 125 Å². The van der Waals surface area contributed by atoms with E-state index in [1.54, 1.807) is 6.92 Å². The lowest BCUT2D eigenvalue weighted by Gasteiger charge is -2.04. The Kier molecular flexibility index (Phi) is 5.02. The lowest BCUT2D eigenvalue weighted by atomic mass is 10.3. The van der Waals surface area contributed by atoms with Gasteiger partial charge >= 0.3 is 5.97 Å². The zero-order valence-corrected chi connectivity index (χ0v) is 11.7. The minimum atomic E-state index is -0.849. The molecule has 6 nitrogen and oxygen atoms in total. The van der Waals surface area contributed by atoms with Gasteiger partial charge in [0.1, 0.15) is 11.6 Å². The van der Waals surface area contributed by atoms with Crippen LogP contribution in [0.25, 0.3) is 6.08 Å². The third-order valence-corrected chi connectivity index (χ3v) is 2.45. The second-order valence-electron chi connectivity index (χ2n) is 4.08. The van der Waals surface area contributed by atoms with Crippen LogP contribution in [0.2, 0.25) is 0 Å². The van der Waals surface area contributed by atoms with Crippen LogP contribution in [-0.2, 0) is 9.53 Å². The van der Waals surface area contributed by atoms with Crippen LogP contribution in [0, 0.1) is 5.82 Å². The SMILES string of the molecule is CCOC(=O)C(O)=Cc1ncc(Oc2ccc(F)cc2)cn1. The van der Waals surface area contributed by atoms with Gasteiger partial charge in [-0.3, -0.25) is 0 Å². The molecule has 1 N–H and O–H groups in total. The van der Waals surface area contributed by atoms with Gasteiger partial charge in [0.05, 0.1) is 19.0 Å². The fourth-order valence-electron chi connectivity index (χ4n) is 1.48. The van der Waals surface area contributed by atoms with Gasteiger partial charge < -0.3 is 14.6 Å². The highest BCUT2D eigenvalue weighted by atomic mass is 19.1. The molecule has 0 atom stereocenters. The monoisotopic (exact) mass is 304 g/mol. The topological polar surface area (TPSA) is 81.5 Å². The molecule has 0 radical (unpaired) electrons. The van der Waals surface area contributed by atoms with Gasteiger partial charge in [0.25, 0.3) is 0 Å². The minimum absolute atomic E-state index is 0.122. The summed E-state index contributed by atoms with van der Waals surface area (Å²) in [7, 11) is 0. The number of hydrogen-bond acceptors (Lipinski definition) is 6. The molecule has 1 aromatic heterocycles. The van der Waals surface area contributed by atoms with Crippen LogP contribution in [0.15, 0.2) is 42.4 Å². The van der Waals surface area contributed by atoms with E-state index in [0.29, 0.717) is 11.5 Å². The Morgan fingerprint density at radius 3 is 2.45 bits per heavy atom. The van der Waals surface area contributed by atoms with E-state index in [-0.39, 0.29) is 18.2 Å². The van der Waals surface area contributed by atoms with Crippen LogP contribution in [0.3, 0.4) is 0 Å². The van der Waals surface area contributed by atoms with Gasteiger partial charge in [0.2, 0.25) is 5.76 Å². The molecule has 0 amide bonds. The van der Waals surface area contributed by atoms with Crippen molar-refractivity contribution < 1.29 is 23.8 Å². The largest absolute Gasteiger partial charge is 0.502 e. The summed E-state index contributed by atoms with van der Waals surface area (Å²) in [6.45, 7) is 1.78. The van der Waals surface area contributed by atoms with Crippen LogP contribution in [-0.4, -0.2) is 27.7 Å². The number of aromatic nitrogens is 2. The summed E-state index contributed by atoms with van der Waals surface area (Å²) in [6, 6.07) is 5.47. The lowest BCUT2D eigenvalue weighted by Crippen LogP contribution is -2.07. The summed E-state index contributed by atoms with van der Waals surface area (Å²) in [5, 5.41) is 9.47. The van der Waals surface area contributed by atoms with Crippen LogP contribution in [0.5, 0.6) is 11.5 Å². The first-order chi connectivity index (χ1) is 10.6. The van der Waals surface area contributed by atoms with Gasteiger partial charge in [0.15, 0.2) is 11.6 Å². The van der Waals surface area contributed by atoms with Gasteiger partial charge in [0, 0.05) is 6.08 Å². The lowest BCUT2D eigenvalue weighted by molar-refractivity contribution is -0.141. The number of carbonyl (C=O) groups excluding carboxylic acids is 1. The van der Waals surface area contributed by atoms with Gasteiger partial charge in [-0.05, 0) is 31.2 Å². The molecule has 2 aromatic rings. The van der Waals surface area contributed by atoms with Crippen molar-refractivity contribution in [3.05, 3.63) is 54.1 Å². The van der Waals surface area contributed by atoms with E-state index in [1.807, 2.05) is 0 Å². The van der Waals surface area contributed by atoms with E-state index in [9.17, 15) is 14.3 Å². The molecule has 1 heterocycles. The molecule has 0 spiro atoms. The molecule has 1 aromatic carbocycles. The van der Waals surface area contributed by atoms with Crippen LogP contribution in [0.4, 0.5) is 4.39 Å². The van der Waals surface area contributed by atoms with Gasteiger partial charge in [-0.25, -0.2) is 19.2 Å². The smallest absolute Gasteiger partial charge is 0.373 e. The van der Waals surface area contributed by atoms with Crippen LogP contribution < -0.4 is 4.74 Å². The molecule has 114 valence electrons. The molecule has 0 saturated heterocycles. The summed E-state index contributed by atoms with van der Waals surface area (Å²) in [5.74, 6) is -0.913. The molecular formula is C15H13FN2O4. The number of aliphatic hydroxyl groups excluding tert-OH is 1. The van der Waals surface area contributed by atoms with Crippen molar-refractivity contribution in [2.75, 3.05) is 6.61 Å². The van der Waals surface area contributed by atoms with E-state index in [4.69, 9.17) is 4.74 Å². The molecule has 22 heavy (non-hydrogen) atoms. The maximum absolute atomic E-state index is 12.8. The number of carbonyl (C=O) groups is 1. The summed E-state index contributed by atoms with van der Waals surface area (Å²) >= 11 is 0. The molecule has 0 saturated carbocycles. The number of halogens is 1. The average molecular weight is 304 g/mol. The Balaban J connectivity index is 2.05. The number of ether oxygens (including phenoxy) is 2. The van der Waals surface area contributed by atoms with Gasteiger partial charge in [-0.1, -0.05) is 0 Å². The predicted molar refractivity (Wildman–Crippen MR) is 75.7 cm³/mol. The van der Waals surface area contributed by atoms with Crippen molar-refractivity contribution in [3.8, 4) is 11.5 Å². The molecule has 0 fully saturated rings. The second-order valence-corrected chi connectivity index (χ2v) is 4.08. The van der Waals surface area contributed by atoms with Crippen molar-refractivity contribution in [2.24, 2.45) is 0 Å². The summed E-state index contributed by atoms with van der Waals surface area (Å²) < 4.78 is 22.8. The molecule has 0 unspecified atom stereocenters. The van der Waals surface area contributed by atoms with Crippen LogP contribution in [0.1, 0.15) is 12.7 Å². The molecule has 2 rings (SSSR count). The normalized spacial score (nSPS) is 11.1. The quantitative estimate of drug-likeness (QED) is 0.519. The van der Waals surface area contributed by atoms with Crippen LogP contribution >= 0.6 is 0 Å². The van der Waals surface area contributed by atoms with Gasteiger partial charge in [-0.15, -0.1) is 0 Å². The standard InChI is InChI=1S/C15H13FN2O4/c1-2-21-15(20)13(19)7-14-17-8-12(9-18-14)22-11-5-3-10(16)4-6-11/h3-9,19H,2H2,1H3. The van der Waals surface area contributed by atoms with E-state index < -0.39 is 11.7 Å². The highest BCUT2D eigenvalue weighted by Gasteiger charge is 2.09. The Morgan fingerprint density at radius 2 is 1.86 bits per heavy atom. The number of esters is 1. The third kappa shape index (κ3) is 4.27. The van der Waals surface area contributed by atoms with E-state index in [2.05, 4.69) is 14.7 Å². The first kappa shape index (κ1) is 15.4. The number of benzene rings is 1. The summed E-state index contributed by atoms with van der Waals surface area (Å²) in [6.07, 6.45) is 3.81. The maximum Gasteiger partial charge on any atom is 0.373 e. The Hall–Kier alpha value is -2.96. The number of hydrogen-bond donors (Lipinski definition) is 1. The minimum Gasteiger partial charge on any atom is -0.502 e. The number of nitrogens with zero attached hydrogens (tertiary/aromatic N) is 2. The molecular weight excluding hydrogens is 291 g/mol. The predicted octanol–water partition coefficient (Wildman–Crippen LogP) is 2.87. The van der Waals surface area contributed by atoms with E-state index in [1.165, 1.54) is 36.7 Å². The zero-order valence-electron chi connectivity index (χ0n) is 11.7. The Bertz CT molecular complexity index is 669. The third-order valence-electron chi connectivity index (χ3n) is 2.45. The maximum atomic E-state index is 12.8. The van der Waals surface area contributed by atoms with Crippen molar-refractivity contribution in [1.82, 2.24) is 9.97 Å². The Morgan fingerprint density at radius 1 is 1.23 bits per heavy atom. The number of rotatable bonds is 5. The van der Waals surface area contributed by atoms with Crippen molar-refractivity contribution in [1.29, 1.82) is 0 Å². The summed E-state index contributed by atoms with van der Waals surface area (Å²) in [4.78, 5) is 19.1. The van der Waals surface area contributed by atoms with Crippen molar-refractivity contribution >= 4 is 12.0 Å². The van der Waals surface area contributed by atoms with Crippen molar-refractivity contribution in [3.63, 3.8) is 0 Å². The van der Waals surface area contributed by atoms with E-state index >= 15 is 0 Å². The summed E-state index contributed by atoms with van der Waals surface area (Å²) in [5.41, 5.74) is 0. The molecule has 7 heteroatoms. The highest BCUT2D eigenvalue weighted by molar-refractivity contribution is 5.90. The second kappa shape index (κ2) is 7.16. The number of aliphatic hydroxyl groups is 1. The molecule has 0 aliphatic rings. The van der Waals surface area contributed by atoms with Gasteiger partial charge in [-0.2, -0.15) is 0 Å². The van der Waals surface area contributed by atoms with E-state index in [0.717, 1.165) is 6.08 Å². The molecule has 0 aliphatic carbocycles. The zero-order chi connectivity index (χ0) is 15.9. The molecule has 0 aliphatic heterocycles. The highest BCUT2D eigenvalue weighted by Crippen LogP contribution is 2.20. The molecule has 0 bridgehead atoms. The first-order valence-corrected chi connectivity index (χ1v) is 6.41. The first-order valence-electron chi connectivity index (χ1n) is 6.41. The fourth-order valence-corrected chi connectivity index (χ4v) is 1.48.